The van der Waals surface area contributed by atoms with E-state index >= 15 is 0 Å². The molecule has 0 aromatic heterocycles. The van der Waals surface area contributed by atoms with Crippen LogP contribution >= 0.6 is 0 Å². The topological polar surface area (TPSA) is 146 Å². The number of carbonyl (C=O) groups is 3. The van der Waals surface area contributed by atoms with Gasteiger partial charge >= 0.3 is 5.97 Å². The molecule has 0 aliphatic carbocycles. The molecule has 2 rings (SSSR count). The van der Waals surface area contributed by atoms with E-state index in [9.17, 15) is 14.4 Å². The van der Waals surface area contributed by atoms with Crippen molar-refractivity contribution in [1.29, 1.82) is 0 Å². The van der Waals surface area contributed by atoms with E-state index in [1.165, 1.54) is 0 Å². The summed E-state index contributed by atoms with van der Waals surface area (Å²) >= 11 is 0. The number of nitrogens with two attached hydrogens (primary N) is 1. The fourth-order valence-electron chi connectivity index (χ4n) is 2.28. The summed E-state index contributed by atoms with van der Waals surface area (Å²) in [6, 6.07) is 5.63. The van der Waals surface area contributed by atoms with Crippen LogP contribution in [0.25, 0.3) is 0 Å². The second-order valence-corrected chi connectivity index (χ2v) is 5.91. The van der Waals surface area contributed by atoms with Crippen molar-refractivity contribution in [2.45, 2.75) is 25.3 Å². The molecule has 1 unspecified atom stereocenters. The molecule has 140 valence electrons. The van der Waals surface area contributed by atoms with Crippen LogP contribution in [0.1, 0.15) is 28.8 Å². The van der Waals surface area contributed by atoms with Crippen LogP contribution in [0.3, 0.4) is 0 Å². The van der Waals surface area contributed by atoms with Crippen molar-refractivity contribution in [3.05, 3.63) is 35.4 Å². The van der Waals surface area contributed by atoms with Gasteiger partial charge in [0.05, 0.1) is 0 Å². The van der Waals surface area contributed by atoms with Crippen molar-refractivity contribution in [3.8, 4) is 0 Å². The van der Waals surface area contributed by atoms with Gasteiger partial charge in [-0.25, -0.2) is 0 Å². The molecule has 0 saturated heterocycles. The molecular formula is C17H23N5O4. The molecule has 2 amide bonds. The summed E-state index contributed by atoms with van der Waals surface area (Å²) in [4.78, 5) is 38.6. The first-order valence-corrected chi connectivity index (χ1v) is 8.39. The highest BCUT2D eigenvalue weighted by molar-refractivity contribution is 5.97. The van der Waals surface area contributed by atoms with E-state index in [4.69, 9.17) is 10.8 Å². The molecule has 1 aromatic rings. The molecular weight excluding hydrogens is 338 g/mol. The Balaban J connectivity index is 1.77. The highest BCUT2D eigenvalue weighted by Crippen LogP contribution is 2.07. The first-order chi connectivity index (χ1) is 12.5. The van der Waals surface area contributed by atoms with Crippen molar-refractivity contribution in [2.24, 2.45) is 10.7 Å². The van der Waals surface area contributed by atoms with Gasteiger partial charge in [0.1, 0.15) is 6.04 Å². The standard InChI is InChI=1S/C17H23N5O4/c18-13(16(25)26)10-21-15(24)12-5-2-11(3-6-12)4-7-14(23)22-17-19-8-1-9-20-17/h2-3,5-6,13H,1,4,7-10,18H2,(H,21,24)(H,25,26)(H2,19,20,22,23). The Morgan fingerprint density at radius 1 is 1.27 bits per heavy atom. The third-order valence-corrected chi connectivity index (χ3v) is 3.81. The highest BCUT2D eigenvalue weighted by Gasteiger charge is 2.14. The Morgan fingerprint density at radius 2 is 2.00 bits per heavy atom. The number of nitrogens with one attached hydrogen (secondary N) is 3. The molecule has 0 bridgehead atoms. The fraction of sp³-hybridized carbons (Fsp3) is 0.412. The average Bonchev–Trinajstić information content (AvgIpc) is 2.65. The molecule has 9 nitrogen and oxygen atoms in total. The number of aliphatic imine (C=N–C) groups is 1. The summed E-state index contributed by atoms with van der Waals surface area (Å²) in [5.41, 5.74) is 6.65. The van der Waals surface area contributed by atoms with Crippen molar-refractivity contribution < 1.29 is 19.5 Å². The molecule has 0 saturated carbocycles. The number of nitrogens with zero attached hydrogens (tertiary/aromatic N) is 1. The number of rotatable bonds is 7. The van der Waals surface area contributed by atoms with E-state index in [-0.39, 0.29) is 12.5 Å². The third kappa shape index (κ3) is 6.17. The molecule has 1 atom stereocenters. The molecule has 9 heteroatoms. The van der Waals surface area contributed by atoms with E-state index in [1.54, 1.807) is 24.3 Å². The summed E-state index contributed by atoms with van der Waals surface area (Å²) in [7, 11) is 0. The number of carboxylic acid groups (broad SMARTS) is 1. The molecule has 1 aromatic carbocycles. The summed E-state index contributed by atoms with van der Waals surface area (Å²) in [5, 5.41) is 16.9. The van der Waals surface area contributed by atoms with E-state index in [0.29, 0.717) is 30.9 Å². The smallest absolute Gasteiger partial charge is 0.322 e. The van der Waals surface area contributed by atoms with Crippen LogP contribution in [-0.4, -0.2) is 54.5 Å². The fourth-order valence-corrected chi connectivity index (χ4v) is 2.28. The maximum absolute atomic E-state index is 11.9. The number of aryl methyl sites for hydroxylation is 1. The number of benzene rings is 1. The normalized spacial score (nSPS) is 14.6. The Bertz CT molecular complexity index is 687. The van der Waals surface area contributed by atoms with Gasteiger partial charge in [-0.15, -0.1) is 0 Å². The second-order valence-electron chi connectivity index (χ2n) is 5.91. The van der Waals surface area contributed by atoms with Crippen molar-refractivity contribution in [1.82, 2.24) is 16.0 Å². The Labute approximate surface area is 151 Å². The Hall–Kier alpha value is -2.94. The van der Waals surface area contributed by atoms with E-state index < -0.39 is 17.9 Å². The first kappa shape index (κ1) is 19.4. The zero-order valence-corrected chi connectivity index (χ0v) is 14.3. The van der Waals surface area contributed by atoms with Gasteiger partial charge in [0, 0.05) is 31.6 Å². The van der Waals surface area contributed by atoms with Gasteiger partial charge in [-0.2, -0.15) is 0 Å². The molecule has 0 fully saturated rings. The minimum atomic E-state index is -1.17. The van der Waals surface area contributed by atoms with Crippen LogP contribution in [0.15, 0.2) is 29.3 Å². The first-order valence-electron chi connectivity index (χ1n) is 8.39. The van der Waals surface area contributed by atoms with Crippen LogP contribution in [0.4, 0.5) is 0 Å². The largest absolute Gasteiger partial charge is 0.480 e. The van der Waals surface area contributed by atoms with Crippen LogP contribution in [0, 0.1) is 0 Å². The number of amides is 2. The summed E-state index contributed by atoms with van der Waals surface area (Å²) in [6.45, 7) is 1.37. The molecule has 1 heterocycles. The number of carbonyl (C=O) groups excluding carboxylic acids is 2. The lowest BCUT2D eigenvalue weighted by Gasteiger charge is -2.15. The van der Waals surface area contributed by atoms with Crippen LogP contribution < -0.4 is 21.7 Å². The molecule has 1 aliphatic rings. The van der Waals surface area contributed by atoms with Crippen LogP contribution in [-0.2, 0) is 16.0 Å². The average molecular weight is 361 g/mol. The number of hydrogen-bond acceptors (Lipinski definition) is 6. The number of aliphatic carboxylic acids is 1. The van der Waals surface area contributed by atoms with Gasteiger partial charge in [0.25, 0.3) is 5.91 Å². The number of hydrogen-bond donors (Lipinski definition) is 5. The summed E-state index contributed by atoms with van der Waals surface area (Å²) in [6.07, 6.45) is 1.80. The molecule has 26 heavy (non-hydrogen) atoms. The monoisotopic (exact) mass is 361 g/mol. The maximum Gasteiger partial charge on any atom is 0.322 e. The Kier molecular flexibility index (Phi) is 7.10. The number of guanidine groups is 1. The highest BCUT2D eigenvalue weighted by atomic mass is 16.4. The summed E-state index contributed by atoms with van der Waals surface area (Å²) < 4.78 is 0. The lowest BCUT2D eigenvalue weighted by molar-refractivity contribution is -0.138. The van der Waals surface area contributed by atoms with Gasteiger partial charge in [-0.05, 0) is 30.5 Å². The zero-order chi connectivity index (χ0) is 18.9. The minimum Gasteiger partial charge on any atom is -0.480 e. The van der Waals surface area contributed by atoms with Gasteiger partial charge in [0.15, 0.2) is 5.96 Å². The SMILES string of the molecule is NC(CNC(=O)c1ccc(CCC(=O)NC2=NCCCN2)cc1)C(=O)O. The van der Waals surface area contributed by atoms with Crippen molar-refractivity contribution in [2.75, 3.05) is 19.6 Å². The molecule has 0 radical (unpaired) electrons. The molecule has 1 aliphatic heterocycles. The summed E-state index contributed by atoms with van der Waals surface area (Å²) in [5.74, 6) is -1.17. The maximum atomic E-state index is 11.9. The molecule has 6 N–H and O–H groups in total. The van der Waals surface area contributed by atoms with E-state index in [0.717, 1.165) is 18.5 Å². The van der Waals surface area contributed by atoms with E-state index in [1.807, 2.05) is 0 Å². The predicted octanol–water partition coefficient (Wildman–Crippen LogP) is -0.774. The van der Waals surface area contributed by atoms with E-state index in [2.05, 4.69) is 20.9 Å². The molecule has 0 spiro atoms. The lowest BCUT2D eigenvalue weighted by atomic mass is 10.1. The van der Waals surface area contributed by atoms with Crippen molar-refractivity contribution in [3.63, 3.8) is 0 Å². The van der Waals surface area contributed by atoms with Crippen LogP contribution in [0.2, 0.25) is 0 Å². The van der Waals surface area contributed by atoms with Crippen molar-refractivity contribution >= 4 is 23.7 Å². The van der Waals surface area contributed by atoms with Gasteiger partial charge in [-0.1, -0.05) is 12.1 Å². The quantitative estimate of drug-likeness (QED) is 0.431. The van der Waals surface area contributed by atoms with Crippen LogP contribution in [0.5, 0.6) is 0 Å². The second kappa shape index (κ2) is 9.52. The zero-order valence-electron chi connectivity index (χ0n) is 14.3. The van der Waals surface area contributed by atoms with Gasteiger partial charge < -0.3 is 21.5 Å². The van der Waals surface area contributed by atoms with Gasteiger partial charge in [0.2, 0.25) is 5.91 Å². The predicted molar refractivity (Wildman–Crippen MR) is 95.8 cm³/mol. The third-order valence-electron chi connectivity index (χ3n) is 3.81. The lowest BCUT2D eigenvalue weighted by Crippen LogP contribution is -2.43. The number of carboxylic acids is 1. The minimum absolute atomic E-state index is 0.123. The van der Waals surface area contributed by atoms with Gasteiger partial charge in [-0.3, -0.25) is 24.7 Å². The Morgan fingerprint density at radius 3 is 2.62 bits per heavy atom.